The highest BCUT2D eigenvalue weighted by Gasteiger charge is 2.19. The Morgan fingerprint density at radius 2 is 1.88 bits per heavy atom. The number of hydrogen-bond donors (Lipinski definition) is 1. The molecule has 2 heterocycles. The van der Waals surface area contributed by atoms with Crippen LogP contribution in [-0.4, -0.2) is 48.6 Å². The van der Waals surface area contributed by atoms with E-state index in [4.69, 9.17) is 0 Å². The van der Waals surface area contributed by atoms with Crippen molar-refractivity contribution in [1.29, 1.82) is 0 Å². The summed E-state index contributed by atoms with van der Waals surface area (Å²) in [6.07, 6.45) is 4.35. The minimum atomic E-state index is 0.0443. The van der Waals surface area contributed by atoms with E-state index in [1.807, 2.05) is 40.6 Å². The normalized spacial score (nSPS) is 15.8. The van der Waals surface area contributed by atoms with Gasteiger partial charge in [-0.15, -0.1) is 11.3 Å². The Hall–Kier alpha value is -2.11. The van der Waals surface area contributed by atoms with E-state index in [-0.39, 0.29) is 6.03 Å². The largest absolute Gasteiger partial charge is 0.333 e. The van der Waals surface area contributed by atoms with Gasteiger partial charge in [0.25, 0.3) is 0 Å². The van der Waals surface area contributed by atoms with Gasteiger partial charge in [-0.1, -0.05) is 48.6 Å². The number of urea groups is 1. The van der Waals surface area contributed by atoms with Crippen molar-refractivity contribution >= 4 is 23.4 Å². The summed E-state index contributed by atoms with van der Waals surface area (Å²) >= 11 is 1.67. The summed E-state index contributed by atoms with van der Waals surface area (Å²) in [5.41, 5.74) is 1.23. The molecule has 2 aromatic rings. The minimum Gasteiger partial charge on any atom is -0.333 e. The summed E-state index contributed by atoms with van der Waals surface area (Å²) < 4.78 is 0. The van der Waals surface area contributed by atoms with Gasteiger partial charge in [-0.2, -0.15) is 0 Å². The SMILES string of the molecule is O=C(NCc1cccs1)N1CCN(C/C=C/c2ccccc2)CC1. The predicted octanol–water partition coefficient (Wildman–Crippen LogP) is 3.29. The molecule has 1 N–H and O–H groups in total. The third kappa shape index (κ3) is 4.94. The molecule has 0 atom stereocenters. The second-order valence-electron chi connectivity index (χ2n) is 5.84. The van der Waals surface area contributed by atoms with E-state index in [2.05, 4.69) is 34.5 Å². The van der Waals surface area contributed by atoms with Gasteiger partial charge in [0, 0.05) is 37.6 Å². The molecule has 24 heavy (non-hydrogen) atoms. The maximum atomic E-state index is 12.2. The number of amides is 2. The van der Waals surface area contributed by atoms with E-state index in [0.717, 1.165) is 32.7 Å². The van der Waals surface area contributed by atoms with Gasteiger partial charge in [0.15, 0.2) is 0 Å². The molecule has 4 nitrogen and oxygen atoms in total. The van der Waals surface area contributed by atoms with Gasteiger partial charge in [-0.3, -0.25) is 4.90 Å². The van der Waals surface area contributed by atoms with Gasteiger partial charge >= 0.3 is 6.03 Å². The lowest BCUT2D eigenvalue weighted by molar-refractivity contribution is 0.146. The van der Waals surface area contributed by atoms with E-state index in [1.54, 1.807) is 11.3 Å². The predicted molar refractivity (Wildman–Crippen MR) is 100 cm³/mol. The Kier molecular flexibility index (Phi) is 6.04. The Labute approximate surface area is 147 Å². The highest BCUT2D eigenvalue weighted by atomic mass is 32.1. The van der Waals surface area contributed by atoms with Crippen LogP contribution < -0.4 is 5.32 Å². The van der Waals surface area contributed by atoms with Crippen molar-refractivity contribution in [3.05, 3.63) is 64.4 Å². The van der Waals surface area contributed by atoms with Crippen LogP contribution in [0.15, 0.2) is 53.9 Å². The molecule has 1 fully saturated rings. The Morgan fingerprint density at radius 3 is 2.58 bits per heavy atom. The standard InChI is InChI=1S/C19H23N3OS/c23-19(20-16-18-9-5-15-24-18)22-13-11-21(12-14-22)10-4-8-17-6-2-1-3-7-17/h1-9,15H,10-14,16H2,(H,20,23)/b8-4+. The Bertz CT molecular complexity index is 647. The molecule has 0 unspecified atom stereocenters. The van der Waals surface area contributed by atoms with E-state index < -0.39 is 0 Å². The molecule has 1 aliphatic heterocycles. The number of benzene rings is 1. The smallest absolute Gasteiger partial charge is 0.317 e. The highest BCUT2D eigenvalue weighted by molar-refractivity contribution is 7.09. The van der Waals surface area contributed by atoms with Crippen molar-refractivity contribution in [2.24, 2.45) is 0 Å². The summed E-state index contributed by atoms with van der Waals surface area (Å²) in [5.74, 6) is 0. The lowest BCUT2D eigenvalue weighted by atomic mass is 10.2. The molecule has 1 aromatic heterocycles. The zero-order chi connectivity index (χ0) is 16.6. The van der Waals surface area contributed by atoms with Crippen LogP contribution in [0.4, 0.5) is 4.79 Å². The highest BCUT2D eigenvalue weighted by Crippen LogP contribution is 2.08. The Morgan fingerprint density at radius 1 is 1.08 bits per heavy atom. The molecule has 5 heteroatoms. The molecule has 126 valence electrons. The van der Waals surface area contributed by atoms with Crippen LogP contribution in [0, 0.1) is 0 Å². The third-order valence-electron chi connectivity index (χ3n) is 4.13. The number of piperazine rings is 1. The molecule has 0 spiro atoms. The summed E-state index contributed by atoms with van der Waals surface area (Å²) in [6.45, 7) is 4.97. The summed E-state index contributed by atoms with van der Waals surface area (Å²) in [6, 6.07) is 14.4. The molecule has 2 amide bonds. The summed E-state index contributed by atoms with van der Waals surface area (Å²) in [4.78, 5) is 17.7. The molecule has 1 saturated heterocycles. The first kappa shape index (κ1) is 16.7. The zero-order valence-electron chi connectivity index (χ0n) is 13.7. The Balaban J connectivity index is 1.37. The number of carbonyl (C=O) groups excluding carboxylic acids is 1. The van der Waals surface area contributed by atoms with Crippen molar-refractivity contribution in [2.45, 2.75) is 6.54 Å². The van der Waals surface area contributed by atoms with Gasteiger partial charge in [-0.25, -0.2) is 4.79 Å². The first-order valence-electron chi connectivity index (χ1n) is 8.30. The zero-order valence-corrected chi connectivity index (χ0v) is 14.5. The molecular formula is C19H23N3OS. The van der Waals surface area contributed by atoms with Gasteiger partial charge in [0.05, 0.1) is 6.54 Å². The molecular weight excluding hydrogens is 318 g/mol. The van der Waals surface area contributed by atoms with Crippen molar-refractivity contribution in [2.75, 3.05) is 32.7 Å². The summed E-state index contributed by atoms with van der Waals surface area (Å²) in [5, 5.41) is 5.03. The number of carbonyl (C=O) groups is 1. The molecule has 0 bridgehead atoms. The number of rotatable bonds is 5. The van der Waals surface area contributed by atoms with Crippen molar-refractivity contribution in [1.82, 2.24) is 15.1 Å². The average molecular weight is 341 g/mol. The van der Waals surface area contributed by atoms with Gasteiger partial charge in [0.1, 0.15) is 0 Å². The molecule has 0 aliphatic carbocycles. The fourth-order valence-electron chi connectivity index (χ4n) is 2.72. The maximum absolute atomic E-state index is 12.2. The van der Waals surface area contributed by atoms with E-state index >= 15 is 0 Å². The monoisotopic (exact) mass is 341 g/mol. The quantitative estimate of drug-likeness (QED) is 0.906. The minimum absolute atomic E-state index is 0.0443. The lowest BCUT2D eigenvalue weighted by Crippen LogP contribution is -2.51. The number of nitrogens with zero attached hydrogens (tertiary/aromatic N) is 2. The maximum Gasteiger partial charge on any atom is 0.317 e. The van der Waals surface area contributed by atoms with Crippen molar-refractivity contribution < 1.29 is 4.79 Å². The van der Waals surface area contributed by atoms with Gasteiger partial charge in [-0.05, 0) is 17.0 Å². The average Bonchev–Trinajstić information content (AvgIpc) is 3.15. The molecule has 0 radical (unpaired) electrons. The molecule has 1 aromatic carbocycles. The van der Waals surface area contributed by atoms with Gasteiger partial charge in [0.2, 0.25) is 0 Å². The third-order valence-corrected chi connectivity index (χ3v) is 5.00. The van der Waals surface area contributed by atoms with Crippen LogP contribution in [0.5, 0.6) is 0 Å². The van der Waals surface area contributed by atoms with Gasteiger partial charge < -0.3 is 10.2 Å². The second kappa shape index (κ2) is 8.66. The number of thiophene rings is 1. The van der Waals surface area contributed by atoms with Crippen LogP contribution in [0.25, 0.3) is 6.08 Å². The first-order chi connectivity index (χ1) is 11.8. The van der Waals surface area contributed by atoms with Crippen LogP contribution >= 0.6 is 11.3 Å². The molecule has 3 rings (SSSR count). The van der Waals surface area contributed by atoms with Crippen LogP contribution in [0.1, 0.15) is 10.4 Å². The fourth-order valence-corrected chi connectivity index (χ4v) is 3.37. The van der Waals surface area contributed by atoms with Crippen molar-refractivity contribution in [3.8, 4) is 0 Å². The van der Waals surface area contributed by atoms with Crippen molar-refractivity contribution in [3.63, 3.8) is 0 Å². The number of nitrogens with one attached hydrogen (secondary N) is 1. The number of hydrogen-bond acceptors (Lipinski definition) is 3. The van der Waals surface area contributed by atoms with E-state index in [0.29, 0.717) is 6.54 Å². The lowest BCUT2D eigenvalue weighted by Gasteiger charge is -2.34. The second-order valence-corrected chi connectivity index (χ2v) is 6.87. The molecule has 0 saturated carbocycles. The van der Waals surface area contributed by atoms with Crippen LogP contribution in [0.2, 0.25) is 0 Å². The van der Waals surface area contributed by atoms with Crippen LogP contribution in [0.3, 0.4) is 0 Å². The topological polar surface area (TPSA) is 35.6 Å². The summed E-state index contributed by atoms with van der Waals surface area (Å²) in [7, 11) is 0. The first-order valence-corrected chi connectivity index (χ1v) is 9.18. The fraction of sp³-hybridized carbons (Fsp3) is 0.316. The van der Waals surface area contributed by atoms with E-state index in [1.165, 1.54) is 10.4 Å². The molecule has 1 aliphatic rings. The van der Waals surface area contributed by atoms with Crippen LogP contribution in [-0.2, 0) is 6.54 Å². The van der Waals surface area contributed by atoms with E-state index in [9.17, 15) is 4.79 Å².